The second-order valence-electron chi connectivity index (χ2n) is 4.80. The van der Waals surface area contributed by atoms with Crippen LogP contribution in [0.2, 0.25) is 0 Å². The van der Waals surface area contributed by atoms with E-state index in [2.05, 4.69) is 37.0 Å². The number of halogens is 1. The van der Waals surface area contributed by atoms with Gasteiger partial charge in [0.05, 0.1) is 6.54 Å². The number of nitrogens with zero attached hydrogens (tertiary/aromatic N) is 1. The van der Waals surface area contributed by atoms with Crippen LogP contribution < -0.4 is 16.0 Å². The molecule has 2 aromatic rings. The number of aryl methyl sites for hydroxylation is 1. The molecule has 1 heterocycles. The Morgan fingerprint density at radius 1 is 1.17 bits per heavy atom. The largest absolute Gasteiger partial charge is 0.361 e. The predicted molar refractivity (Wildman–Crippen MR) is 88.0 cm³/mol. The lowest BCUT2D eigenvalue weighted by Crippen LogP contribution is -2.40. The van der Waals surface area contributed by atoms with Crippen molar-refractivity contribution in [3.05, 3.63) is 51.8 Å². The zero-order valence-corrected chi connectivity index (χ0v) is 14.1. The van der Waals surface area contributed by atoms with E-state index in [9.17, 15) is 9.59 Å². The zero-order chi connectivity index (χ0) is 16.7. The quantitative estimate of drug-likeness (QED) is 0.667. The van der Waals surface area contributed by atoms with E-state index in [0.717, 1.165) is 4.47 Å². The van der Waals surface area contributed by atoms with Gasteiger partial charge in [0.1, 0.15) is 11.5 Å². The summed E-state index contributed by atoms with van der Waals surface area (Å²) in [4.78, 5) is 23.5. The molecule has 0 saturated carbocycles. The highest BCUT2D eigenvalue weighted by Crippen LogP contribution is 2.11. The summed E-state index contributed by atoms with van der Waals surface area (Å²) in [6.07, 6.45) is 0. The van der Waals surface area contributed by atoms with Gasteiger partial charge in [0.25, 0.3) is 5.91 Å². The molecule has 0 aliphatic heterocycles. The second-order valence-corrected chi connectivity index (χ2v) is 5.72. The lowest BCUT2D eigenvalue weighted by Gasteiger charge is -2.08. The molecule has 1 aromatic carbocycles. The Kier molecular flexibility index (Phi) is 6.16. The normalized spacial score (nSPS) is 10.2. The van der Waals surface area contributed by atoms with Crippen molar-refractivity contribution in [2.24, 2.45) is 0 Å². The average molecular weight is 381 g/mol. The maximum Gasteiger partial charge on any atom is 0.315 e. The number of hydrogen-bond donors (Lipinski definition) is 3. The molecule has 3 N–H and O–H groups in total. The molecule has 0 aliphatic carbocycles. The highest BCUT2D eigenvalue weighted by molar-refractivity contribution is 9.10. The van der Waals surface area contributed by atoms with Gasteiger partial charge in [-0.05, 0) is 25.1 Å². The summed E-state index contributed by atoms with van der Waals surface area (Å²) < 4.78 is 5.74. The summed E-state index contributed by atoms with van der Waals surface area (Å²) in [5, 5.41) is 11.8. The van der Waals surface area contributed by atoms with Crippen LogP contribution in [0, 0.1) is 6.92 Å². The van der Waals surface area contributed by atoms with Crippen molar-refractivity contribution in [3.8, 4) is 0 Å². The molecule has 7 nitrogen and oxygen atoms in total. The summed E-state index contributed by atoms with van der Waals surface area (Å²) in [6.45, 7) is 2.73. The molecular weight excluding hydrogens is 364 g/mol. The fourth-order valence-electron chi connectivity index (χ4n) is 1.82. The summed E-state index contributed by atoms with van der Waals surface area (Å²) in [5.41, 5.74) is 1.21. The molecule has 0 spiro atoms. The molecule has 122 valence electrons. The van der Waals surface area contributed by atoms with E-state index in [1.54, 1.807) is 31.2 Å². The molecule has 0 fully saturated rings. The standard InChI is InChI=1S/C15H17BrN4O3/c1-10-7-13(20-23-10)9-19-15(22)18-6-5-17-14(21)11-3-2-4-12(16)8-11/h2-4,7-8H,5-6,9H2,1H3,(H,17,21)(H2,18,19,22). The smallest absolute Gasteiger partial charge is 0.315 e. The third kappa shape index (κ3) is 5.74. The Morgan fingerprint density at radius 2 is 1.96 bits per heavy atom. The summed E-state index contributed by atoms with van der Waals surface area (Å²) in [7, 11) is 0. The molecule has 1 aromatic heterocycles. The minimum atomic E-state index is -0.331. The number of aromatic nitrogens is 1. The molecule has 0 aliphatic rings. The van der Waals surface area contributed by atoms with Crippen molar-refractivity contribution in [1.82, 2.24) is 21.1 Å². The first-order valence-corrected chi connectivity index (χ1v) is 7.81. The minimum absolute atomic E-state index is 0.188. The molecule has 0 saturated heterocycles. The highest BCUT2D eigenvalue weighted by Gasteiger charge is 2.06. The van der Waals surface area contributed by atoms with Crippen molar-refractivity contribution in [3.63, 3.8) is 0 Å². The molecule has 0 bridgehead atoms. The molecule has 23 heavy (non-hydrogen) atoms. The molecule has 2 rings (SSSR count). The number of hydrogen-bond acceptors (Lipinski definition) is 4. The van der Waals surface area contributed by atoms with Crippen LogP contribution in [0.15, 0.2) is 39.3 Å². The summed E-state index contributed by atoms with van der Waals surface area (Å²) >= 11 is 3.31. The van der Waals surface area contributed by atoms with E-state index in [1.807, 2.05) is 6.07 Å². The predicted octanol–water partition coefficient (Wildman–Crippen LogP) is 1.97. The van der Waals surface area contributed by atoms with Crippen LogP contribution in [0.1, 0.15) is 21.8 Å². The van der Waals surface area contributed by atoms with Gasteiger partial charge in [-0.3, -0.25) is 4.79 Å². The van der Waals surface area contributed by atoms with Crippen LogP contribution in [-0.4, -0.2) is 30.2 Å². The monoisotopic (exact) mass is 380 g/mol. The van der Waals surface area contributed by atoms with E-state index in [1.165, 1.54) is 0 Å². The maximum atomic E-state index is 11.9. The van der Waals surface area contributed by atoms with Gasteiger partial charge < -0.3 is 20.5 Å². The lowest BCUT2D eigenvalue weighted by atomic mass is 10.2. The average Bonchev–Trinajstić information content (AvgIpc) is 2.95. The first kappa shape index (κ1) is 17.0. The van der Waals surface area contributed by atoms with Crippen molar-refractivity contribution < 1.29 is 14.1 Å². The number of carbonyl (C=O) groups excluding carboxylic acids is 2. The Hall–Kier alpha value is -2.35. The van der Waals surface area contributed by atoms with E-state index in [-0.39, 0.29) is 18.5 Å². The van der Waals surface area contributed by atoms with Gasteiger partial charge in [-0.25, -0.2) is 4.79 Å². The van der Waals surface area contributed by atoms with Crippen molar-refractivity contribution in [2.75, 3.05) is 13.1 Å². The molecule has 0 radical (unpaired) electrons. The SMILES string of the molecule is Cc1cc(CNC(=O)NCCNC(=O)c2cccc(Br)c2)no1. The van der Waals surface area contributed by atoms with Gasteiger partial charge in [-0.1, -0.05) is 27.2 Å². The van der Waals surface area contributed by atoms with E-state index in [0.29, 0.717) is 30.1 Å². The van der Waals surface area contributed by atoms with Crippen LogP contribution in [0.5, 0.6) is 0 Å². The summed E-state index contributed by atoms with van der Waals surface area (Å²) in [5.74, 6) is 0.504. The Balaban J connectivity index is 1.63. The fraction of sp³-hybridized carbons (Fsp3) is 0.267. The van der Waals surface area contributed by atoms with Crippen LogP contribution in [0.3, 0.4) is 0 Å². The number of nitrogens with one attached hydrogen (secondary N) is 3. The van der Waals surface area contributed by atoms with Crippen molar-refractivity contribution in [2.45, 2.75) is 13.5 Å². The van der Waals surface area contributed by atoms with E-state index < -0.39 is 0 Å². The van der Waals surface area contributed by atoms with Crippen LogP contribution in [0.25, 0.3) is 0 Å². The topological polar surface area (TPSA) is 96.3 Å². The molecular formula is C15H17BrN4O3. The highest BCUT2D eigenvalue weighted by atomic mass is 79.9. The third-order valence-electron chi connectivity index (χ3n) is 2.89. The van der Waals surface area contributed by atoms with Crippen LogP contribution in [0.4, 0.5) is 4.79 Å². The lowest BCUT2D eigenvalue weighted by molar-refractivity contribution is 0.0953. The first-order chi connectivity index (χ1) is 11.0. The van der Waals surface area contributed by atoms with Gasteiger partial charge in [0.2, 0.25) is 0 Å². The fourth-order valence-corrected chi connectivity index (χ4v) is 2.22. The molecule has 3 amide bonds. The minimum Gasteiger partial charge on any atom is -0.361 e. The first-order valence-electron chi connectivity index (χ1n) is 7.02. The molecule has 0 unspecified atom stereocenters. The van der Waals surface area contributed by atoms with Gasteiger partial charge in [0, 0.05) is 29.2 Å². The number of amides is 3. The Bertz CT molecular complexity index is 687. The molecule has 0 atom stereocenters. The number of benzene rings is 1. The van der Waals surface area contributed by atoms with Crippen LogP contribution >= 0.6 is 15.9 Å². The third-order valence-corrected chi connectivity index (χ3v) is 3.38. The Labute approximate surface area is 141 Å². The van der Waals surface area contributed by atoms with Crippen molar-refractivity contribution >= 4 is 27.9 Å². The van der Waals surface area contributed by atoms with Gasteiger partial charge in [0.15, 0.2) is 0 Å². The number of rotatable bonds is 6. The second kappa shape index (κ2) is 8.33. The van der Waals surface area contributed by atoms with Crippen molar-refractivity contribution in [1.29, 1.82) is 0 Å². The maximum absolute atomic E-state index is 11.9. The van der Waals surface area contributed by atoms with Gasteiger partial charge in [-0.15, -0.1) is 0 Å². The van der Waals surface area contributed by atoms with Gasteiger partial charge in [-0.2, -0.15) is 0 Å². The number of urea groups is 1. The van der Waals surface area contributed by atoms with Gasteiger partial charge >= 0.3 is 6.03 Å². The molecule has 8 heteroatoms. The van der Waals surface area contributed by atoms with Crippen LogP contribution in [-0.2, 0) is 6.54 Å². The Morgan fingerprint density at radius 3 is 2.65 bits per heavy atom. The zero-order valence-electron chi connectivity index (χ0n) is 12.6. The summed E-state index contributed by atoms with van der Waals surface area (Å²) in [6, 6.07) is 8.51. The van der Waals surface area contributed by atoms with E-state index >= 15 is 0 Å². The number of carbonyl (C=O) groups is 2. The van der Waals surface area contributed by atoms with E-state index in [4.69, 9.17) is 4.52 Å².